The van der Waals surface area contributed by atoms with Crippen molar-refractivity contribution in [3.05, 3.63) is 53.7 Å². The van der Waals surface area contributed by atoms with Gasteiger partial charge in [0.2, 0.25) is 5.88 Å². The molecular weight excluding hydrogens is 318 g/mol. The van der Waals surface area contributed by atoms with Crippen molar-refractivity contribution in [1.82, 2.24) is 9.88 Å². The van der Waals surface area contributed by atoms with Gasteiger partial charge in [-0.1, -0.05) is 12.1 Å². The largest absolute Gasteiger partial charge is 0.481 e. The topological polar surface area (TPSA) is 63.7 Å². The van der Waals surface area contributed by atoms with Gasteiger partial charge in [-0.05, 0) is 30.7 Å². The minimum atomic E-state index is -0.154. The number of ether oxygens (including phenoxy) is 2. The number of anilines is 1. The van der Waals surface area contributed by atoms with E-state index in [1.165, 1.54) is 5.56 Å². The highest BCUT2D eigenvalue weighted by molar-refractivity contribution is 6.04. The van der Waals surface area contributed by atoms with Gasteiger partial charge in [-0.2, -0.15) is 0 Å². The van der Waals surface area contributed by atoms with Gasteiger partial charge >= 0.3 is 0 Å². The number of rotatable bonds is 5. The number of aromatic nitrogens is 1. The van der Waals surface area contributed by atoms with Gasteiger partial charge in [0.15, 0.2) is 0 Å². The van der Waals surface area contributed by atoms with Crippen LogP contribution in [0.15, 0.2) is 42.6 Å². The zero-order valence-corrected chi connectivity index (χ0v) is 14.6. The Bertz CT molecular complexity index is 701. The van der Waals surface area contributed by atoms with Crippen LogP contribution in [-0.4, -0.2) is 48.7 Å². The van der Waals surface area contributed by atoms with Crippen molar-refractivity contribution in [3.63, 3.8) is 0 Å². The Morgan fingerprint density at radius 3 is 2.76 bits per heavy atom. The fraction of sp³-hybridized carbons (Fsp3) is 0.368. The fourth-order valence-corrected chi connectivity index (χ4v) is 2.83. The number of carbonyl (C=O) groups is 1. The van der Waals surface area contributed by atoms with Crippen LogP contribution in [0.2, 0.25) is 0 Å². The number of hydrogen-bond acceptors (Lipinski definition) is 5. The second-order valence-corrected chi connectivity index (χ2v) is 6.16. The molecule has 25 heavy (non-hydrogen) atoms. The third-order valence-electron chi connectivity index (χ3n) is 4.15. The first-order chi connectivity index (χ1) is 12.1. The molecule has 0 unspecified atom stereocenters. The number of nitrogens with zero attached hydrogens (tertiary/aromatic N) is 2. The molecule has 1 N–H and O–H groups in total. The molecule has 1 atom stereocenters. The average molecular weight is 341 g/mol. The molecule has 1 aromatic heterocycles. The monoisotopic (exact) mass is 341 g/mol. The number of carbonyl (C=O) groups excluding carboxylic acids is 1. The zero-order valence-electron chi connectivity index (χ0n) is 14.6. The summed E-state index contributed by atoms with van der Waals surface area (Å²) >= 11 is 0. The van der Waals surface area contributed by atoms with E-state index in [0.717, 1.165) is 26.2 Å². The van der Waals surface area contributed by atoms with Gasteiger partial charge in [-0.3, -0.25) is 9.69 Å². The summed E-state index contributed by atoms with van der Waals surface area (Å²) in [6.45, 7) is 5.62. The highest BCUT2D eigenvalue weighted by Gasteiger charge is 2.16. The van der Waals surface area contributed by atoms with E-state index in [2.05, 4.69) is 22.1 Å². The van der Waals surface area contributed by atoms with Gasteiger partial charge in [0.1, 0.15) is 0 Å². The van der Waals surface area contributed by atoms with Crippen LogP contribution in [-0.2, 0) is 11.3 Å². The second kappa shape index (κ2) is 8.09. The predicted molar refractivity (Wildman–Crippen MR) is 95.9 cm³/mol. The molecule has 1 amide bonds. The van der Waals surface area contributed by atoms with Crippen LogP contribution in [0.4, 0.5) is 5.69 Å². The first kappa shape index (κ1) is 17.4. The van der Waals surface area contributed by atoms with Gasteiger partial charge in [0, 0.05) is 31.3 Å². The van der Waals surface area contributed by atoms with E-state index >= 15 is 0 Å². The van der Waals surface area contributed by atoms with Crippen LogP contribution in [0.25, 0.3) is 0 Å². The molecule has 0 radical (unpaired) electrons. The summed E-state index contributed by atoms with van der Waals surface area (Å²) in [6.07, 6.45) is 1.85. The van der Waals surface area contributed by atoms with Gasteiger partial charge in [0.25, 0.3) is 5.91 Å². The van der Waals surface area contributed by atoms with Crippen molar-refractivity contribution in [2.75, 3.05) is 32.1 Å². The standard InChI is InChI=1S/C19H23N3O3/c1-14-12-22(9-10-25-14)13-15-3-5-16(6-4-15)19(23)21-17-7-8-18(24-2)20-11-17/h3-8,11,14H,9-10,12-13H2,1-2H3,(H,21,23)/t14-/m0/s1. The minimum Gasteiger partial charge on any atom is -0.481 e. The summed E-state index contributed by atoms with van der Waals surface area (Å²) in [5.74, 6) is 0.360. The lowest BCUT2D eigenvalue weighted by Gasteiger charge is -2.31. The van der Waals surface area contributed by atoms with Gasteiger partial charge in [0.05, 0.1) is 31.7 Å². The van der Waals surface area contributed by atoms with Gasteiger partial charge in [-0.25, -0.2) is 4.98 Å². The Kier molecular flexibility index (Phi) is 5.63. The number of morpholine rings is 1. The van der Waals surface area contributed by atoms with Crippen LogP contribution in [0, 0.1) is 0 Å². The molecule has 6 heteroatoms. The second-order valence-electron chi connectivity index (χ2n) is 6.16. The third-order valence-corrected chi connectivity index (χ3v) is 4.15. The molecule has 1 saturated heterocycles. The van der Waals surface area contributed by atoms with E-state index < -0.39 is 0 Å². The van der Waals surface area contributed by atoms with Crippen LogP contribution in [0.5, 0.6) is 5.88 Å². The summed E-state index contributed by atoms with van der Waals surface area (Å²) < 4.78 is 10.6. The molecule has 132 valence electrons. The molecule has 0 spiro atoms. The van der Waals surface area contributed by atoms with E-state index in [0.29, 0.717) is 17.1 Å². The van der Waals surface area contributed by atoms with E-state index in [9.17, 15) is 4.79 Å². The number of pyridine rings is 1. The Labute approximate surface area is 147 Å². The summed E-state index contributed by atoms with van der Waals surface area (Å²) in [7, 11) is 1.56. The molecule has 0 saturated carbocycles. The van der Waals surface area contributed by atoms with E-state index in [4.69, 9.17) is 9.47 Å². The Morgan fingerprint density at radius 2 is 2.12 bits per heavy atom. The van der Waals surface area contributed by atoms with Crippen molar-refractivity contribution >= 4 is 11.6 Å². The van der Waals surface area contributed by atoms with Crippen molar-refractivity contribution in [1.29, 1.82) is 0 Å². The number of methoxy groups -OCH3 is 1. The number of hydrogen-bond donors (Lipinski definition) is 1. The van der Waals surface area contributed by atoms with Crippen LogP contribution in [0.1, 0.15) is 22.8 Å². The molecule has 2 heterocycles. The Hall–Kier alpha value is -2.44. The normalized spacial score (nSPS) is 17.9. The molecule has 0 bridgehead atoms. The maximum atomic E-state index is 12.3. The van der Waals surface area contributed by atoms with Crippen molar-refractivity contribution in [2.45, 2.75) is 19.6 Å². The molecule has 1 aliphatic heterocycles. The quantitative estimate of drug-likeness (QED) is 0.905. The molecule has 3 rings (SSSR count). The molecule has 6 nitrogen and oxygen atoms in total. The lowest BCUT2D eigenvalue weighted by atomic mass is 10.1. The SMILES string of the molecule is COc1ccc(NC(=O)c2ccc(CN3CCO[C@@H](C)C3)cc2)cn1. The molecule has 1 aliphatic rings. The van der Waals surface area contributed by atoms with Crippen molar-refractivity contribution in [3.8, 4) is 5.88 Å². The maximum Gasteiger partial charge on any atom is 0.255 e. The minimum absolute atomic E-state index is 0.154. The Morgan fingerprint density at radius 1 is 1.32 bits per heavy atom. The third kappa shape index (κ3) is 4.78. The number of benzene rings is 1. The first-order valence-corrected chi connectivity index (χ1v) is 8.38. The van der Waals surface area contributed by atoms with E-state index in [1.807, 2.05) is 24.3 Å². The van der Waals surface area contributed by atoms with Crippen LogP contribution in [0.3, 0.4) is 0 Å². The molecule has 1 aromatic carbocycles. The molecule has 2 aromatic rings. The number of amides is 1. The molecule has 0 aliphatic carbocycles. The van der Waals surface area contributed by atoms with Crippen molar-refractivity contribution in [2.24, 2.45) is 0 Å². The highest BCUT2D eigenvalue weighted by Crippen LogP contribution is 2.14. The molecular formula is C19H23N3O3. The maximum absolute atomic E-state index is 12.3. The predicted octanol–water partition coefficient (Wildman–Crippen LogP) is 2.56. The number of nitrogens with one attached hydrogen (secondary N) is 1. The van der Waals surface area contributed by atoms with Crippen LogP contribution >= 0.6 is 0 Å². The van der Waals surface area contributed by atoms with Crippen LogP contribution < -0.4 is 10.1 Å². The Balaban J connectivity index is 1.58. The van der Waals surface area contributed by atoms with Gasteiger partial charge in [-0.15, -0.1) is 0 Å². The van der Waals surface area contributed by atoms with E-state index in [1.54, 1.807) is 25.4 Å². The highest BCUT2D eigenvalue weighted by atomic mass is 16.5. The van der Waals surface area contributed by atoms with Gasteiger partial charge < -0.3 is 14.8 Å². The van der Waals surface area contributed by atoms with E-state index in [-0.39, 0.29) is 12.0 Å². The lowest BCUT2D eigenvalue weighted by molar-refractivity contribution is -0.0212. The summed E-state index contributed by atoms with van der Waals surface area (Å²) in [5.41, 5.74) is 2.45. The lowest BCUT2D eigenvalue weighted by Crippen LogP contribution is -2.40. The fourth-order valence-electron chi connectivity index (χ4n) is 2.83. The summed E-state index contributed by atoms with van der Waals surface area (Å²) in [6, 6.07) is 11.2. The first-order valence-electron chi connectivity index (χ1n) is 8.38. The summed E-state index contributed by atoms with van der Waals surface area (Å²) in [5, 5.41) is 2.83. The average Bonchev–Trinajstić information content (AvgIpc) is 2.63. The molecule has 1 fully saturated rings. The van der Waals surface area contributed by atoms with Crippen molar-refractivity contribution < 1.29 is 14.3 Å². The summed E-state index contributed by atoms with van der Waals surface area (Å²) in [4.78, 5) is 18.8. The smallest absolute Gasteiger partial charge is 0.255 e. The zero-order chi connectivity index (χ0) is 17.6.